The van der Waals surface area contributed by atoms with Gasteiger partial charge in [-0.15, -0.1) is 0 Å². The summed E-state index contributed by atoms with van der Waals surface area (Å²) in [6, 6.07) is 1.82. The SMILES string of the molecule is CCCCCCCCC(=O)N1CCN(c2ncccn2)CC1. The maximum atomic E-state index is 12.2. The third-order valence-electron chi connectivity index (χ3n) is 4.21. The third kappa shape index (κ3) is 5.28. The van der Waals surface area contributed by atoms with E-state index in [1.165, 1.54) is 32.1 Å². The van der Waals surface area contributed by atoms with Crippen molar-refractivity contribution in [1.82, 2.24) is 14.9 Å². The van der Waals surface area contributed by atoms with Crippen LogP contribution in [0.3, 0.4) is 0 Å². The lowest BCUT2D eigenvalue weighted by Gasteiger charge is -2.34. The highest BCUT2D eigenvalue weighted by Crippen LogP contribution is 2.12. The smallest absolute Gasteiger partial charge is 0.225 e. The van der Waals surface area contributed by atoms with Crippen LogP contribution < -0.4 is 4.90 Å². The van der Waals surface area contributed by atoms with Crippen LogP contribution in [0.25, 0.3) is 0 Å². The van der Waals surface area contributed by atoms with E-state index in [1.807, 2.05) is 11.0 Å². The third-order valence-corrected chi connectivity index (χ3v) is 4.21. The van der Waals surface area contributed by atoms with Gasteiger partial charge in [-0.05, 0) is 12.5 Å². The van der Waals surface area contributed by atoms with Gasteiger partial charge in [0.15, 0.2) is 0 Å². The lowest BCUT2D eigenvalue weighted by Crippen LogP contribution is -2.49. The predicted octanol–water partition coefficient (Wildman–Crippen LogP) is 2.88. The minimum atomic E-state index is 0.309. The molecule has 1 aromatic rings. The van der Waals surface area contributed by atoms with Gasteiger partial charge in [-0.3, -0.25) is 4.79 Å². The summed E-state index contributed by atoms with van der Waals surface area (Å²) >= 11 is 0. The lowest BCUT2D eigenvalue weighted by atomic mass is 10.1. The molecule has 22 heavy (non-hydrogen) atoms. The second-order valence-corrected chi connectivity index (χ2v) is 5.93. The van der Waals surface area contributed by atoms with Crippen LogP contribution in [0.2, 0.25) is 0 Å². The van der Waals surface area contributed by atoms with E-state index in [9.17, 15) is 4.79 Å². The summed E-state index contributed by atoms with van der Waals surface area (Å²) in [6.45, 7) is 5.45. The summed E-state index contributed by atoms with van der Waals surface area (Å²) in [5.41, 5.74) is 0. The number of piperazine rings is 1. The first-order valence-corrected chi connectivity index (χ1v) is 8.61. The predicted molar refractivity (Wildman–Crippen MR) is 88.8 cm³/mol. The molecule has 0 aromatic carbocycles. The average molecular weight is 304 g/mol. The summed E-state index contributed by atoms with van der Waals surface area (Å²) < 4.78 is 0. The van der Waals surface area contributed by atoms with E-state index in [4.69, 9.17) is 0 Å². The van der Waals surface area contributed by atoms with E-state index in [0.717, 1.165) is 38.5 Å². The van der Waals surface area contributed by atoms with Crippen LogP contribution in [-0.4, -0.2) is 47.0 Å². The molecule has 5 heteroatoms. The monoisotopic (exact) mass is 304 g/mol. The molecule has 0 radical (unpaired) electrons. The Balaban J connectivity index is 1.63. The quantitative estimate of drug-likeness (QED) is 0.693. The van der Waals surface area contributed by atoms with Gasteiger partial charge in [0, 0.05) is 45.0 Å². The molecule has 0 N–H and O–H groups in total. The van der Waals surface area contributed by atoms with Gasteiger partial charge in [0.05, 0.1) is 0 Å². The molecule has 0 bridgehead atoms. The van der Waals surface area contributed by atoms with E-state index in [1.54, 1.807) is 12.4 Å². The zero-order valence-corrected chi connectivity index (χ0v) is 13.7. The topological polar surface area (TPSA) is 49.3 Å². The first-order valence-electron chi connectivity index (χ1n) is 8.61. The number of rotatable bonds is 8. The Labute approximate surface area is 133 Å². The normalized spacial score (nSPS) is 15.1. The van der Waals surface area contributed by atoms with Gasteiger partial charge >= 0.3 is 0 Å². The maximum Gasteiger partial charge on any atom is 0.225 e. The molecule has 0 aliphatic carbocycles. The number of anilines is 1. The Hall–Kier alpha value is -1.65. The van der Waals surface area contributed by atoms with Crippen molar-refractivity contribution < 1.29 is 4.79 Å². The standard InChI is InChI=1S/C17H28N4O/c1-2-3-4-5-6-7-9-16(22)20-12-14-21(15-13-20)17-18-10-8-11-19-17/h8,10-11H,2-7,9,12-15H2,1H3. The Morgan fingerprint density at radius 1 is 1.00 bits per heavy atom. The number of amides is 1. The number of carbonyl (C=O) groups excluding carboxylic acids is 1. The van der Waals surface area contributed by atoms with Crippen LogP contribution in [0.4, 0.5) is 5.95 Å². The Bertz CT molecular complexity index is 430. The number of hydrogen-bond acceptors (Lipinski definition) is 4. The van der Waals surface area contributed by atoms with E-state index in [-0.39, 0.29) is 0 Å². The van der Waals surface area contributed by atoms with Crippen LogP contribution in [0, 0.1) is 0 Å². The van der Waals surface area contributed by atoms with Crippen LogP contribution in [0.1, 0.15) is 51.9 Å². The van der Waals surface area contributed by atoms with Gasteiger partial charge in [0.1, 0.15) is 0 Å². The molecule has 0 atom stereocenters. The van der Waals surface area contributed by atoms with Gasteiger partial charge in [-0.25, -0.2) is 9.97 Å². The van der Waals surface area contributed by atoms with E-state index in [2.05, 4.69) is 21.8 Å². The molecule has 0 spiro atoms. The van der Waals surface area contributed by atoms with E-state index in [0.29, 0.717) is 12.3 Å². The molecule has 5 nitrogen and oxygen atoms in total. The van der Waals surface area contributed by atoms with Crippen molar-refractivity contribution in [3.8, 4) is 0 Å². The molecule has 2 heterocycles. The highest BCUT2D eigenvalue weighted by atomic mass is 16.2. The van der Waals surface area contributed by atoms with Gasteiger partial charge in [-0.2, -0.15) is 0 Å². The van der Waals surface area contributed by atoms with Crippen molar-refractivity contribution >= 4 is 11.9 Å². The molecular weight excluding hydrogens is 276 g/mol. The molecule has 1 aliphatic rings. The number of aromatic nitrogens is 2. The van der Waals surface area contributed by atoms with Crippen molar-refractivity contribution in [3.63, 3.8) is 0 Å². The number of carbonyl (C=O) groups is 1. The second kappa shape index (κ2) is 9.38. The average Bonchev–Trinajstić information content (AvgIpc) is 2.59. The van der Waals surface area contributed by atoms with Crippen molar-refractivity contribution in [3.05, 3.63) is 18.5 Å². The summed E-state index contributed by atoms with van der Waals surface area (Å²) in [7, 11) is 0. The minimum Gasteiger partial charge on any atom is -0.339 e. The maximum absolute atomic E-state index is 12.2. The molecule has 1 saturated heterocycles. The van der Waals surface area contributed by atoms with Crippen LogP contribution in [0.15, 0.2) is 18.5 Å². The molecule has 1 amide bonds. The molecule has 1 aromatic heterocycles. The fourth-order valence-electron chi connectivity index (χ4n) is 2.83. The molecule has 0 saturated carbocycles. The van der Waals surface area contributed by atoms with Gasteiger partial charge in [0.25, 0.3) is 0 Å². The Morgan fingerprint density at radius 3 is 2.32 bits per heavy atom. The first-order chi connectivity index (χ1) is 10.8. The van der Waals surface area contributed by atoms with Crippen LogP contribution in [-0.2, 0) is 4.79 Å². The fourth-order valence-corrected chi connectivity index (χ4v) is 2.83. The number of nitrogens with zero attached hydrogens (tertiary/aromatic N) is 4. The van der Waals surface area contributed by atoms with Gasteiger partial charge in [-0.1, -0.05) is 39.0 Å². The first kappa shape index (κ1) is 16.7. The lowest BCUT2D eigenvalue weighted by molar-refractivity contribution is -0.131. The molecular formula is C17H28N4O. The highest BCUT2D eigenvalue weighted by molar-refractivity contribution is 5.76. The van der Waals surface area contributed by atoms with Crippen LogP contribution in [0.5, 0.6) is 0 Å². The Kier molecular flexibility index (Phi) is 7.13. The summed E-state index contributed by atoms with van der Waals surface area (Å²) in [5.74, 6) is 1.08. The Morgan fingerprint density at radius 2 is 1.64 bits per heavy atom. The zero-order chi connectivity index (χ0) is 15.6. The minimum absolute atomic E-state index is 0.309. The van der Waals surface area contributed by atoms with Crippen molar-refractivity contribution in [1.29, 1.82) is 0 Å². The van der Waals surface area contributed by atoms with Gasteiger partial charge in [0.2, 0.25) is 11.9 Å². The van der Waals surface area contributed by atoms with E-state index < -0.39 is 0 Å². The molecule has 0 unspecified atom stereocenters. The molecule has 2 rings (SSSR count). The number of hydrogen-bond donors (Lipinski definition) is 0. The van der Waals surface area contributed by atoms with E-state index >= 15 is 0 Å². The van der Waals surface area contributed by atoms with Crippen LogP contribution >= 0.6 is 0 Å². The van der Waals surface area contributed by atoms with Crippen molar-refractivity contribution in [2.45, 2.75) is 51.9 Å². The molecule has 1 aliphatic heterocycles. The fraction of sp³-hybridized carbons (Fsp3) is 0.706. The molecule has 1 fully saturated rings. The summed E-state index contributed by atoms with van der Waals surface area (Å²) in [4.78, 5) is 24.9. The largest absolute Gasteiger partial charge is 0.339 e. The second-order valence-electron chi connectivity index (χ2n) is 5.93. The highest BCUT2D eigenvalue weighted by Gasteiger charge is 2.21. The summed E-state index contributed by atoms with van der Waals surface area (Å²) in [5, 5.41) is 0. The number of unbranched alkanes of at least 4 members (excludes halogenated alkanes) is 5. The van der Waals surface area contributed by atoms with Crippen molar-refractivity contribution in [2.75, 3.05) is 31.1 Å². The van der Waals surface area contributed by atoms with Crippen molar-refractivity contribution in [2.24, 2.45) is 0 Å². The molecule has 122 valence electrons. The van der Waals surface area contributed by atoms with Gasteiger partial charge < -0.3 is 9.80 Å². The summed E-state index contributed by atoms with van der Waals surface area (Å²) in [6.07, 6.45) is 11.6. The zero-order valence-electron chi connectivity index (χ0n) is 13.7.